The topological polar surface area (TPSA) is 162 Å². The molecule has 0 bridgehead atoms. The van der Waals surface area contributed by atoms with Gasteiger partial charge in [-0.3, -0.25) is 47.8 Å². The Bertz CT molecular complexity index is 3350. The second-order valence-corrected chi connectivity index (χ2v) is 14.9. The number of nitrogens with zero attached hydrogens (tertiary/aromatic N) is 4. The smallest absolute Gasteiger partial charge is 0.266 e. The molecule has 10 rings (SSSR count). The number of rotatable bonds is 5. The lowest BCUT2D eigenvalue weighted by Gasteiger charge is -2.13. The van der Waals surface area contributed by atoms with Gasteiger partial charge in [-0.15, -0.1) is 0 Å². The summed E-state index contributed by atoms with van der Waals surface area (Å²) in [6.45, 7) is 3.92. The second-order valence-electron chi connectivity index (χ2n) is 14.9. The molecule has 2 aromatic heterocycles. The van der Waals surface area contributed by atoms with Gasteiger partial charge in [-0.1, -0.05) is 47.5 Å². The number of imide groups is 2. The fourth-order valence-corrected chi connectivity index (χ4v) is 7.62. The number of hydrogen-bond acceptors (Lipinski definition) is 9. The van der Waals surface area contributed by atoms with E-state index < -0.39 is 22.2 Å². The van der Waals surface area contributed by atoms with Crippen molar-refractivity contribution in [3.05, 3.63) is 196 Å². The monoisotopic (exact) mass is 808 g/mol. The summed E-state index contributed by atoms with van der Waals surface area (Å²) in [5, 5.41) is 0.493. The van der Waals surface area contributed by atoms with Crippen molar-refractivity contribution in [3.63, 3.8) is 0 Å². The van der Waals surface area contributed by atoms with Crippen LogP contribution in [0.25, 0.3) is 38.4 Å². The minimum absolute atomic E-state index is 0.111. The zero-order valence-corrected chi connectivity index (χ0v) is 33.0. The number of benzene rings is 6. The van der Waals surface area contributed by atoms with Gasteiger partial charge in [0.2, 0.25) is 0 Å². The van der Waals surface area contributed by atoms with Crippen LogP contribution in [0.2, 0.25) is 0 Å². The van der Waals surface area contributed by atoms with Crippen molar-refractivity contribution in [3.8, 4) is 28.3 Å². The fraction of sp³-hybridized carbons (Fsp3) is 0.0833. The van der Waals surface area contributed by atoms with Gasteiger partial charge >= 0.3 is 0 Å². The molecule has 4 amide bonds. The summed E-state index contributed by atoms with van der Waals surface area (Å²) in [5.74, 6) is -0.190. The SMILES string of the molecule is Cc1ccc(N2C(=O)c3ccc(-c4ccc5c(c4)C(=O)N(C)C5=O)cc3C2=O)cc1.Cc1ccc(Oc2ccc(-n3c(=O)c4cc5c(=O)n(C)c(=O)c5cc4c3=O)cc2)cc1. The molecule has 4 heterocycles. The van der Waals surface area contributed by atoms with Crippen molar-refractivity contribution in [1.82, 2.24) is 14.0 Å². The minimum atomic E-state index is -0.537. The first-order valence-electron chi connectivity index (χ1n) is 19.0. The molecule has 8 aromatic rings. The van der Waals surface area contributed by atoms with Crippen molar-refractivity contribution in [2.75, 3.05) is 11.9 Å². The first-order valence-corrected chi connectivity index (χ1v) is 19.0. The first kappa shape index (κ1) is 38.2. The molecular weight excluding hydrogens is 777 g/mol. The predicted molar refractivity (Wildman–Crippen MR) is 229 cm³/mol. The third-order valence-electron chi connectivity index (χ3n) is 11.0. The molecule has 0 aliphatic carbocycles. The molecule has 61 heavy (non-hydrogen) atoms. The Labute approximate surface area is 345 Å². The summed E-state index contributed by atoms with van der Waals surface area (Å²) >= 11 is 0. The maximum Gasteiger partial charge on any atom is 0.266 e. The highest BCUT2D eigenvalue weighted by molar-refractivity contribution is 6.34. The number of amides is 4. The van der Waals surface area contributed by atoms with E-state index in [2.05, 4.69) is 0 Å². The number of anilines is 1. The maximum atomic E-state index is 13.0. The second kappa shape index (κ2) is 14.2. The van der Waals surface area contributed by atoms with E-state index in [1.54, 1.807) is 72.8 Å². The summed E-state index contributed by atoms with van der Waals surface area (Å²) < 4.78 is 7.79. The van der Waals surface area contributed by atoms with Gasteiger partial charge in [0, 0.05) is 14.1 Å². The van der Waals surface area contributed by atoms with E-state index in [9.17, 15) is 38.4 Å². The highest BCUT2D eigenvalue weighted by Crippen LogP contribution is 2.34. The van der Waals surface area contributed by atoms with E-state index in [1.807, 2.05) is 50.2 Å². The lowest BCUT2D eigenvalue weighted by atomic mass is 9.97. The molecule has 0 N–H and O–H groups in total. The van der Waals surface area contributed by atoms with Gasteiger partial charge in [0.05, 0.1) is 55.2 Å². The van der Waals surface area contributed by atoms with E-state index in [0.29, 0.717) is 56.3 Å². The molecule has 0 spiro atoms. The third-order valence-corrected chi connectivity index (χ3v) is 11.0. The van der Waals surface area contributed by atoms with E-state index in [-0.39, 0.29) is 45.2 Å². The van der Waals surface area contributed by atoms with Gasteiger partial charge in [0.15, 0.2) is 0 Å². The Kier molecular flexibility index (Phi) is 8.90. The lowest BCUT2D eigenvalue weighted by molar-refractivity contribution is 0.0692. The third kappa shape index (κ3) is 6.18. The largest absolute Gasteiger partial charge is 0.457 e. The molecule has 298 valence electrons. The van der Waals surface area contributed by atoms with Gasteiger partial charge in [-0.2, -0.15) is 0 Å². The Morgan fingerprint density at radius 1 is 0.393 bits per heavy atom. The molecule has 13 nitrogen and oxygen atoms in total. The van der Waals surface area contributed by atoms with Crippen LogP contribution in [0.4, 0.5) is 5.69 Å². The fourth-order valence-electron chi connectivity index (χ4n) is 7.62. The molecule has 0 unspecified atom stereocenters. The predicted octanol–water partition coefficient (Wildman–Crippen LogP) is 6.23. The zero-order chi connectivity index (χ0) is 43.0. The number of hydrogen-bond donors (Lipinski definition) is 0. The van der Waals surface area contributed by atoms with Gasteiger partial charge in [0.25, 0.3) is 45.9 Å². The Morgan fingerprint density at radius 2 is 0.787 bits per heavy atom. The summed E-state index contributed by atoms with van der Waals surface area (Å²) in [4.78, 5) is 103. The van der Waals surface area contributed by atoms with Crippen LogP contribution in [0, 0.1) is 13.8 Å². The van der Waals surface area contributed by atoms with Crippen LogP contribution in [-0.4, -0.2) is 44.7 Å². The molecule has 2 aliphatic rings. The van der Waals surface area contributed by atoms with E-state index in [4.69, 9.17) is 4.74 Å². The average molecular weight is 809 g/mol. The summed E-state index contributed by atoms with van der Waals surface area (Å²) in [6, 6.07) is 34.1. The van der Waals surface area contributed by atoms with Crippen LogP contribution in [0.5, 0.6) is 11.5 Å². The average Bonchev–Trinajstić information content (AvgIpc) is 3.84. The molecular formula is C48H32N4O9. The first-order chi connectivity index (χ1) is 29.2. The van der Waals surface area contributed by atoms with Gasteiger partial charge in [0.1, 0.15) is 11.5 Å². The van der Waals surface area contributed by atoms with Crippen molar-refractivity contribution < 1.29 is 23.9 Å². The van der Waals surface area contributed by atoms with Crippen molar-refractivity contribution in [1.29, 1.82) is 0 Å². The minimum Gasteiger partial charge on any atom is -0.457 e. The number of carbonyl (C=O) groups excluding carboxylic acids is 4. The molecule has 13 heteroatoms. The van der Waals surface area contributed by atoms with Crippen LogP contribution >= 0.6 is 0 Å². The number of carbonyl (C=O) groups is 4. The standard InChI is InChI=1S/C24H16N2O5.C24H16N2O4/c1-13-3-7-15(8-4-13)31-16-9-5-14(6-10-16)26-23(29)19-11-17-18(12-20(19)24(26)30)22(28)25(2)21(17)27;1-13-3-7-16(8-4-13)26-23(29)18-10-6-15(12-20(18)24(26)30)14-5-9-17-19(11-14)22(28)25(2)21(17)27/h3-12H,1-2H3;3-12H,1-2H3. The molecule has 2 aliphatic heterocycles. The molecule has 6 aromatic carbocycles. The van der Waals surface area contributed by atoms with Crippen LogP contribution in [0.1, 0.15) is 52.6 Å². The summed E-state index contributed by atoms with van der Waals surface area (Å²) in [5.41, 5.74) is 3.76. The van der Waals surface area contributed by atoms with Crippen LogP contribution in [-0.2, 0) is 7.05 Å². The summed E-state index contributed by atoms with van der Waals surface area (Å²) in [6.07, 6.45) is 0. The molecule has 0 saturated carbocycles. The van der Waals surface area contributed by atoms with Crippen molar-refractivity contribution >= 4 is 50.9 Å². The van der Waals surface area contributed by atoms with Gasteiger partial charge < -0.3 is 4.74 Å². The quantitative estimate of drug-likeness (QED) is 0.184. The summed E-state index contributed by atoms with van der Waals surface area (Å²) in [7, 11) is 2.82. The van der Waals surface area contributed by atoms with Crippen LogP contribution in [0.3, 0.4) is 0 Å². The molecule has 0 fully saturated rings. The van der Waals surface area contributed by atoms with E-state index in [1.165, 1.54) is 31.1 Å². The van der Waals surface area contributed by atoms with Crippen molar-refractivity contribution in [2.24, 2.45) is 7.05 Å². The highest BCUT2D eigenvalue weighted by Gasteiger charge is 2.37. The molecule has 0 atom stereocenters. The number of ether oxygens (including phenoxy) is 1. The lowest BCUT2D eigenvalue weighted by Crippen LogP contribution is -2.29. The number of fused-ring (bicyclic) bond motifs is 4. The Morgan fingerprint density at radius 3 is 1.31 bits per heavy atom. The van der Waals surface area contributed by atoms with Gasteiger partial charge in [-0.05, 0) is 110 Å². The number of aromatic nitrogens is 2. The van der Waals surface area contributed by atoms with Crippen LogP contribution in [0.15, 0.2) is 141 Å². The van der Waals surface area contributed by atoms with E-state index in [0.717, 1.165) is 25.2 Å². The van der Waals surface area contributed by atoms with Crippen molar-refractivity contribution in [2.45, 2.75) is 13.8 Å². The maximum absolute atomic E-state index is 13.0. The van der Waals surface area contributed by atoms with E-state index >= 15 is 0 Å². The molecule has 0 saturated heterocycles. The highest BCUT2D eigenvalue weighted by atomic mass is 16.5. The normalized spacial score (nSPS) is 13.2. The van der Waals surface area contributed by atoms with Crippen LogP contribution < -0.4 is 31.9 Å². The van der Waals surface area contributed by atoms with Gasteiger partial charge in [-0.25, -0.2) is 9.47 Å². The zero-order valence-electron chi connectivity index (χ0n) is 33.0. The number of aryl methyl sites for hydroxylation is 2. The molecule has 0 radical (unpaired) electrons. The Hall–Kier alpha value is -8.32. The Balaban J connectivity index is 0.000000156.